The van der Waals surface area contributed by atoms with E-state index in [0.717, 1.165) is 8.66 Å². The van der Waals surface area contributed by atoms with Gasteiger partial charge in [0.2, 0.25) is 0 Å². The molecule has 0 saturated carbocycles. The van der Waals surface area contributed by atoms with Crippen molar-refractivity contribution in [2.24, 2.45) is 5.10 Å². The summed E-state index contributed by atoms with van der Waals surface area (Å²) in [5.74, 6) is 0.305. The zero-order valence-electron chi connectivity index (χ0n) is 8.94. The van der Waals surface area contributed by atoms with E-state index in [4.69, 9.17) is 4.42 Å². The summed E-state index contributed by atoms with van der Waals surface area (Å²) in [6.07, 6.45) is 3.08. The summed E-state index contributed by atoms with van der Waals surface area (Å²) in [5.41, 5.74) is 2.94. The minimum atomic E-state index is -0.275. The molecule has 4 nitrogen and oxygen atoms in total. The molecule has 0 aliphatic carbocycles. The number of halogens is 1. The highest BCUT2D eigenvalue weighted by Gasteiger charge is 2.09. The van der Waals surface area contributed by atoms with Crippen molar-refractivity contribution in [1.82, 2.24) is 5.43 Å². The normalized spacial score (nSPS) is 10.9. The van der Waals surface area contributed by atoms with Gasteiger partial charge in [0.25, 0.3) is 5.91 Å². The van der Waals surface area contributed by atoms with Gasteiger partial charge in [0.15, 0.2) is 0 Å². The zero-order valence-corrected chi connectivity index (χ0v) is 11.3. The Kier molecular flexibility index (Phi) is 3.75. The fourth-order valence-corrected chi connectivity index (χ4v) is 2.53. The van der Waals surface area contributed by atoms with E-state index in [1.165, 1.54) is 17.6 Å². The van der Waals surface area contributed by atoms with Crippen molar-refractivity contribution in [3.8, 4) is 0 Å². The summed E-state index contributed by atoms with van der Waals surface area (Å²) >= 11 is 4.89. The third-order valence-corrected chi connectivity index (χ3v) is 3.61. The second-order valence-corrected chi connectivity index (χ2v) is 5.73. The molecule has 1 N–H and O–H groups in total. The maximum Gasteiger partial charge on any atom is 0.274 e. The minimum Gasteiger partial charge on any atom is -0.469 e. The van der Waals surface area contributed by atoms with Crippen molar-refractivity contribution in [1.29, 1.82) is 0 Å². The van der Waals surface area contributed by atoms with E-state index in [9.17, 15) is 4.79 Å². The number of thiophene rings is 1. The van der Waals surface area contributed by atoms with Crippen molar-refractivity contribution in [2.45, 2.75) is 6.92 Å². The maximum absolute atomic E-state index is 11.6. The van der Waals surface area contributed by atoms with E-state index in [2.05, 4.69) is 26.5 Å². The van der Waals surface area contributed by atoms with Gasteiger partial charge >= 0.3 is 0 Å². The molecule has 6 heteroatoms. The van der Waals surface area contributed by atoms with Gasteiger partial charge in [-0.05, 0) is 41.1 Å². The van der Waals surface area contributed by atoms with Crippen LogP contribution in [0.25, 0.3) is 0 Å². The average Bonchev–Trinajstić information content (AvgIpc) is 2.87. The number of furan rings is 1. The molecule has 2 aromatic rings. The van der Waals surface area contributed by atoms with E-state index >= 15 is 0 Å². The third-order valence-electron chi connectivity index (χ3n) is 2.06. The number of hydrogen-bond donors (Lipinski definition) is 1. The van der Waals surface area contributed by atoms with E-state index in [1.807, 2.05) is 12.1 Å². The largest absolute Gasteiger partial charge is 0.469 e. The highest BCUT2D eigenvalue weighted by molar-refractivity contribution is 9.11. The van der Waals surface area contributed by atoms with E-state index < -0.39 is 0 Å². The van der Waals surface area contributed by atoms with E-state index in [0.29, 0.717) is 11.3 Å². The molecule has 0 bridgehead atoms. The number of rotatable bonds is 3. The number of nitrogens with zero attached hydrogens (tertiary/aromatic N) is 1. The van der Waals surface area contributed by atoms with Crippen molar-refractivity contribution < 1.29 is 9.21 Å². The van der Waals surface area contributed by atoms with Crippen molar-refractivity contribution >= 4 is 39.4 Å². The number of carbonyl (C=O) groups is 1. The molecule has 0 fully saturated rings. The molecule has 0 aliphatic rings. The molecule has 2 aromatic heterocycles. The Balaban J connectivity index is 1.97. The van der Waals surface area contributed by atoms with Crippen LogP contribution in [-0.4, -0.2) is 12.1 Å². The lowest BCUT2D eigenvalue weighted by Gasteiger charge is -1.96. The van der Waals surface area contributed by atoms with Crippen LogP contribution in [0.1, 0.15) is 21.0 Å². The van der Waals surface area contributed by atoms with Crippen LogP contribution in [0, 0.1) is 6.92 Å². The standard InChI is InChI=1S/C11H9BrN2O2S/c1-7-9(4-5-16-7)11(15)14-13-6-8-2-3-10(12)17-8/h2-6H,1H3,(H,14,15)/b13-6+. The first-order chi connectivity index (χ1) is 8.16. The summed E-state index contributed by atoms with van der Waals surface area (Å²) in [5, 5.41) is 3.88. The summed E-state index contributed by atoms with van der Waals surface area (Å²) in [6.45, 7) is 1.73. The number of hydrazone groups is 1. The lowest BCUT2D eigenvalue weighted by atomic mass is 10.2. The Bertz CT molecular complexity index is 559. The molecule has 0 radical (unpaired) electrons. The van der Waals surface area contributed by atoms with Crippen molar-refractivity contribution in [2.75, 3.05) is 0 Å². The second kappa shape index (κ2) is 5.29. The SMILES string of the molecule is Cc1occc1C(=O)N/N=C/c1ccc(Br)s1. The maximum atomic E-state index is 11.6. The van der Waals surface area contributed by atoms with Crippen LogP contribution in [0.2, 0.25) is 0 Å². The van der Waals surface area contributed by atoms with Crippen molar-refractivity contribution in [3.63, 3.8) is 0 Å². The van der Waals surface area contributed by atoms with Gasteiger partial charge in [0.1, 0.15) is 5.76 Å². The fourth-order valence-electron chi connectivity index (χ4n) is 1.23. The highest BCUT2D eigenvalue weighted by atomic mass is 79.9. The monoisotopic (exact) mass is 312 g/mol. The molecular weight excluding hydrogens is 304 g/mol. The number of amides is 1. The van der Waals surface area contributed by atoms with Crippen LogP contribution < -0.4 is 5.43 Å². The Hall–Kier alpha value is -1.40. The average molecular weight is 313 g/mol. The molecule has 0 saturated heterocycles. The number of carbonyl (C=O) groups excluding carboxylic acids is 1. The number of hydrogen-bond acceptors (Lipinski definition) is 4. The van der Waals surface area contributed by atoms with Gasteiger partial charge in [-0.2, -0.15) is 5.10 Å². The topological polar surface area (TPSA) is 54.6 Å². The summed E-state index contributed by atoms with van der Waals surface area (Å²) in [6, 6.07) is 5.45. The van der Waals surface area contributed by atoms with Crippen LogP contribution in [0.5, 0.6) is 0 Å². The Labute approximate surface area is 110 Å². The molecular formula is C11H9BrN2O2S. The zero-order chi connectivity index (χ0) is 12.3. The first kappa shape index (κ1) is 12.1. The van der Waals surface area contributed by atoms with Gasteiger partial charge in [0.05, 0.1) is 21.8 Å². The smallest absolute Gasteiger partial charge is 0.274 e. The molecule has 1 amide bonds. The lowest BCUT2D eigenvalue weighted by molar-refractivity contribution is 0.0953. The van der Waals surface area contributed by atoms with Crippen LogP contribution in [0.15, 0.2) is 37.8 Å². The number of aryl methyl sites for hydroxylation is 1. The molecule has 0 atom stereocenters. The highest BCUT2D eigenvalue weighted by Crippen LogP contribution is 2.20. The minimum absolute atomic E-state index is 0.275. The molecule has 0 unspecified atom stereocenters. The molecule has 17 heavy (non-hydrogen) atoms. The van der Waals surface area contributed by atoms with Gasteiger partial charge < -0.3 is 4.42 Å². The fraction of sp³-hybridized carbons (Fsp3) is 0.0909. The molecule has 88 valence electrons. The Morgan fingerprint density at radius 1 is 1.53 bits per heavy atom. The Morgan fingerprint density at radius 2 is 2.35 bits per heavy atom. The first-order valence-corrected chi connectivity index (χ1v) is 6.40. The number of nitrogens with one attached hydrogen (secondary N) is 1. The van der Waals surface area contributed by atoms with Gasteiger partial charge in [-0.25, -0.2) is 5.43 Å². The Morgan fingerprint density at radius 3 is 2.94 bits per heavy atom. The van der Waals surface area contributed by atoms with Crippen LogP contribution in [0.4, 0.5) is 0 Å². The summed E-state index contributed by atoms with van der Waals surface area (Å²) in [7, 11) is 0. The molecule has 2 rings (SSSR count). The molecule has 0 spiro atoms. The summed E-state index contributed by atoms with van der Waals surface area (Å²) in [4.78, 5) is 12.6. The van der Waals surface area contributed by atoms with E-state index in [1.54, 1.807) is 19.2 Å². The van der Waals surface area contributed by atoms with Crippen LogP contribution >= 0.6 is 27.3 Å². The molecule has 2 heterocycles. The first-order valence-electron chi connectivity index (χ1n) is 4.79. The van der Waals surface area contributed by atoms with Gasteiger partial charge in [-0.3, -0.25) is 4.79 Å². The second-order valence-electron chi connectivity index (χ2n) is 3.23. The molecule has 0 aromatic carbocycles. The quantitative estimate of drug-likeness (QED) is 0.699. The third kappa shape index (κ3) is 3.04. The van der Waals surface area contributed by atoms with Gasteiger partial charge in [0, 0.05) is 4.88 Å². The van der Waals surface area contributed by atoms with Crippen LogP contribution in [-0.2, 0) is 0 Å². The molecule has 0 aliphatic heterocycles. The predicted molar refractivity (Wildman–Crippen MR) is 70.5 cm³/mol. The van der Waals surface area contributed by atoms with Gasteiger partial charge in [-0.15, -0.1) is 11.3 Å². The van der Waals surface area contributed by atoms with Crippen molar-refractivity contribution in [3.05, 3.63) is 44.4 Å². The van der Waals surface area contributed by atoms with E-state index in [-0.39, 0.29) is 5.91 Å². The van der Waals surface area contributed by atoms with Gasteiger partial charge in [-0.1, -0.05) is 0 Å². The van der Waals surface area contributed by atoms with Crippen LogP contribution in [0.3, 0.4) is 0 Å². The summed E-state index contributed by atoms with van der Waals surface area (Å²) < 4.78 is 6.06. The predicted octanol–water partition coefficient (Wildman–Crippen LogP) is 3.18. The lowest BCUT2D eigenvalue weighted by Crippen LogP contribution is -2.17.